The fourth-order valence-electron chi connectivity index (χ4n) is 3.17. The molecule has 0 bridgehead atoms. The highest BCUT2D eigenvalue weighted by molar-refractivity contribution is 5.82. The van der Waals surface area contributed by atoms with Crippen molar-refractivity contribution < 1.29 is 14.3 Å². The Morgan fingerprint density at radius 1 is 1.59 bits per heavy atom. The third kappa shape index (κ3) is 1.35. The Labute approximate surface area is 98.8 Å². The Morgan fingerprint density at radius 2 is 2.35 bits per heavy atom. The molecule has 2 aliphatic carbocycles. The van der Waals surface area contributed by atoms with E-state index in [1.54, 1.807) is 0 Å². The van der Waals surface area contributed by atoms with E-state index in [0.717, 1.165) is 23.1 Å². The molecule has 2 aliphatic rings. The van der Waals surface area contributed by atoms with E-state index < -0.39 is 5.97 Å². The van der Waals surface area contributed by atoms with Crippen LogP contribution in [0.4, 0.5) is 4.39 Å². The topological polar surface area (TPSA) is 37.3 Å². The van der Waals surface area contributed by atoms with E-state index in [9.17, 15) is 9.18 Å². The molecule has 2 unspecified atom stereocenters. The maximum atomic E-state index is 13.2. The standard InChI is InChI=1S/C14H13FO2/c1-8-11-6-9(15)2-3-10(11)12-7-14(8,12)5-4-13(16)17/h2-3,6,12H,1,4-5,7H2,(H,16,17). The first-order valence-corrected chi connectivity index (χ1v) is 5.75. The number of aliphatic carboxylic acids is 1. The van der Waals surface area contributed by atoms with Crippen LogP contribution in [0.5, 0.6) is 0 Å². The highest BCUT2D eigenvalue weighted by Gasteiger charge is 2.61. The van der Waals surface area contributed by atoms with Gasteiger partial charge in [-0.1, -0.05) is 12.6 Å². The van der Waals surface area contributed by atoms with Gasteiger partial charge in [-0.25, -0.2) is 4.39 Å². The first-order valence-electron chi connectivity index (χ1n) is 5.75. The summed E-state index contributed by atoms with van der Waals surface area (Å²) in [6, 6.07) is 4.81. The van der Waals surface area contributed by atoms with Crippen LogP contribution in [-0.4, -0.2) is 11.1 Å². The van der Waals surface area contributed by atoms with Gasteiger partial charge in [0.05, 0.1) is 0 Å². The highest BCUT2D eigenvalue weighted by atomic mass is 19.1. The molecule has 0 spiro atoms. The van der Waals surface area contributed by atoms with Crippen LogP contribution in [0.15, 0.2) is 24.8 Å². The quantitative estimate of drug-likeness (QED) is 0.869. The van der Waals surface area contributed by atoms with E-state index in [2.05, 4.69) is 6.58 Å². The Bertz CT molecular complexity index is 535. The van der Waals surface area contributed by atoms with Crippen LogP contribution < -0.4 is 0 Å². The lowest BCUT2D eigenvalue weighted by atomic mass is 9.90. The monoisotopic (exact) mass is 232 g/mol. The zero-order chi connectivity index (χ0) is 12.2. The van der Waals surface area contributed by atoms with Gasteiger partial charge < -0.3 is 5.11 Å². The second kappa shape index (κ2) is 3.19. The van der Waals surface area contributed by atoms with Crippen LogP contribution in [0.3, 0.4) is 0 Å². The maximum absolute atomic E-state index is 13.2. The van der Waals surface area contributed by atoms with Gasteiger partial charge in [0.2, 0.25) is 0 Å². The summed E-state index contributed by atoms with van der Waals surface area (Å²) in [5.41, 5.74) is 2.88. The fraction of sp³-hybridized carbons (Fsp3) is 0.357. The largest absolute Gasteiger partial charge is 0.481 e. The Balaban J connectivity index is 1.92. The molecule has 0 aromatic heterocycles. The van der Waals surface area contributed by atoms with Gasteiger partial charge in [-0.05, 0) is 47.6 Å². The summed E-state index contributed by atoms with van der Waals surface area (Å²) in [5.74, 6) is -0.663. The summed E-state index contributed by atoms with van der Waals surface area (Å²) in [6.45, 7) is 4.05. The first kappa shape index (κ1) is 10.5. The predicted molar refractivity (Wildman–Crippen MR) is 62.1 cm³/mol. The summed E-state index contributed by atoms with van der Waals surface area (Å²) in [5, 5.41) is 8.76. The lowest BCUT2D eigenvalue weighted by Gasteiger charge is -2.13. The van der Waals surface area contributed by atoms with Gasteiger partial charge in [-0.15, -0.1) is 0 Å². The summed E-state index contributed by atoms with van der Waals surface area (Å²) in [7, 11) is 0. The molecule has 0 saturated heterocycles. The molecule has 3 heteroatoms. The van der Waals surface area contributed by atoms with Crippen molar-refractivity contribution in [3.8, 4) is 0 Å². The average Bonchev–Trinajstić information content (AvgIpc) is 2.96. The predicted octanol–water partition coefficient (Wildman–Crippen LogP) is 3.19. The normalized spacial score (nSPS) is 28.8. The Kier molecular flexibility index (Phi) is 1.97. The van der Waals surface area contributed by atoms with Gasteiger partial charge in [0.1, 0.15) is 5.82 Å². The van der Waals surface area contributed by atoms with E-state index >= 15 is 0 Å². The first-order chi connectivity index (χ1) is 8.04. The molecule has 88 valence electrons. The Morgan fingerprint density at radius 3 is 3.06 bits per heavy atom. The molecule has 1 N–H and O–H groups in total. The number of hydrogen-bond acceptors (Lipinski definition) is 1. The highest BCUT2D eigenvalue weighted by Crippen LogP contribution is 2.73. The SMILES string of the molecule is C=C1c2cc(F)ccc2C2CC12CCC(=O)O. The number of carboxylic acids is 1. The minimum Gasteiger partial charge on any atom is -0.481 e. The summed E-state index contributed by atoms with van der Waals surface area (Å²) < 4.78 is 13.2. The summed E-state index contributed by atoms with van der Waals surface area (Å²) >= 11 is 0. The number of allylic oxidation sites excluding steroid dienone is 1. The van der Waals surface area contributed by atoms with E-state index in [0.29, 0.717) is 12.3 Å². The number of fused-ring (bicyclic) bond motifs is 3. The lowest BCUT2D eigenvalue weighted by Crippen LogP contribution is -2.05. The smallest absolute Gasteiger partial charge is 0.303 e. The number of hydrogen-bond donors (Lipinski definition) is 1. The van der Waals surface area contributed by atoms with Crippen LogP contribution >= 0.6 is 0 Å². The van der Waals surface area contributed by atoms with Crippen molar-refractivity contribution in [2.24, 2.45) is 5.41 Å². The molecule has 1 fully saturated rings. The van der Waals surface area contributed by atoms with Crippen molar-refractivity contribution in [3.63, 3.8) is 0 Å². The van der Waals surface area contributed by atoms with Crippen LogP contribution in [0.1, 0.15) is 36.3 Å². The molecule has 3 rings (SSSR count). The summed E-state index contributed by atoms with van der Waals surface area (Å²) in [4.78, 5) is 10.7. The zero-order valence-corrected chi connectivity index (χ0v) is 9.37. The van der Waals surface area contributed by atoms with Crippen molar-refractivity contribution in [2.45, 2.75) is 25.2 Å². The number of rotatable bonds is 3. The molecule has 17 heavy (non-hydrogen) atoms. The molecule has 0 aliphatic heterocycles. The van der Waals surface area contributed by atoms with E-state index in [1.807, 2.05) is 6.07 Å². The van der Waals surface area contributed by atoms with Gasteiger partial charge in [0.25, 0.3) is 0 Å². The van der Waals surface area contributed by atoms with E-state index in [4.69, 9.17) is 5.11 Å². The van der Waals surface area contributed by atoms with Gasteiger partial charge in [-0.2, -0.15) is 0 Å². The molecule has 1 aromatic carbocycles. The third-order valence-electron chi connectivity index (χ3n) is 4.18. The van der Waals surface area contributed by atoms with Crippen LogP contribution in [0, 0.1) is 11.2 Å². The average molecular weight is 232 g/mol. The number of halogens is 1. The second-order valence-corrected chi connectivity index (χ2v) is 5.02. The van der Waals surface area contributed by atoms with Crippen molar-refractivity contribution in [1.82, 2.24) is 0 Å². The fourth-order valence-corrected chi connectivity index (χ4v) is 3.17. The molecule has 0 heterocycles. The van der Waals surface area contributed by atoms with Crippen molar-refractivity contribution in [1.29, 1.82) is 0 Å². The third-order valence-corrected chi connectivity index (χ3v) is 4.18. The zero-order valence-electron chi connectivity index (χ0n) is 9.37. The molecule has 0 amide bonds. The molecular weight excluding hydrogens is 219 g/mol. The molecule has 2 nitrogen and oxygen atoms in total. The number of benzene rings is 1. The van der Waals surface area contributed by atoms with Crippen molar-refractivity contribution in [2.75, 3.05) is 0 Å². The minimum atomic E-state index is -0.778. The van der Waals surface area contributed by atoms with E-state index in [1.165, 1.54) is 12.1 Å². The van der Waals surface area contributed by atoms with E-state index in [-0.39, 0.29) is 17.7 Å². The van der Waals surface area contributed by atoms with Gasteiger partial charge in [0.15, 0.2) is 0 Å². The minimum absolute atomic E-state index is 0.0888. The molecule has 0 radical (unpaired) electrons. The maximum Gasteiger partial charge on any atom is 0.303 e. The molecule has 1 saturated carbocycles. The van der Waals surface area contributed by atoms with Gasteiger partial charge >= 0.3 is 5.97 Å². The Hall–Kier alpha value is -1.64. The molecular formula is C14H13FO2. The lowest BCUT2D eigenvalue weighted by molar-refractivity contribution is -0.137. The molecule has 2 atom stereocenters. The second-order valence-electron chi connectivity index (χ2n) is 5.02. The number of carbonyl (C=O) groups is 1. The van der Waals surface area contributed by atoms with Gasteiger partial charge in [0, 0.05) is 11.8 Å². The van der Waals surface area contributed by atoms with Gasteiger partial charge in [-0.3, -0.25) is 4.79 Å². The summed E-state index contributed by atoms with van der Waals surface area (Å²) in [6.07, 6.45) is 1.74. The number of carboxylic acid groups (broad SMARTS) is 1. The van der Waals surface area contributed by atoms with Crippen LogP contribution in [-0.2, 0) is 4.79 Å². The van der Waals surface area contributed by atoms with Crippen LogP contribution in [0.25, 0.3) is 5.57 Å². The van der Waals surface area contributed by atoms with Crippen molar-refractivity contribution >= 4 is 11.5 Å². The van der Waals surface area contributed by atoms with Crippen molar-refractivity contribution in [3.05, 3.63) is 41.7 Å². The van der Waals surface area contributed by atoms with Crippen LogP contribution in [0.2, 0.25) is 0 Å². The molecule has 1 aromatic rings.